The number of hydrogen-bond acceptors (Lipinski definition) is 5. The topological polar surface area (TPSA) is 73.9 Å². The molecular weight excluding hydrogens is 379 g/mol. The number of fused-ring (bicyclic) bond motifs is 1. The van der Waals surface area contributed by atoms with E-state index in [-0.39, 0.29) is 12.3 Å². The molecule has 1 aliphatic rings. The molecule has 148 valence electrons. The van der Waals surface area contributed by atoms with Gasteiger partial charge in [-0.05, 0) is 43.3 Å². The van der Waals surface area contributed by atoms with Gasteiger partial charge in [0.05, 0.1) is 5.56 Å². The van der Waals surface area contributed by atoms with Crippen LogP contribution in [-0.2, 0) is 20.5 Å². The molecule has 9 heteroatoms. The highest BCUT2D eigenvalue weighted by Gasteiger charge is 2.32. The SMILES string of the molecule is C[C@H](OC(=O)[C@H]1COc2ccccc2O1)C(=O)Nc1ccc(C(F)(F)F)cc1. The minimum atomic E-state index is -4.47. The summed E-state index contributed by atoms with van der Waals surface area (Å²) in [6, 6.07) is 10.7. The van der Waals surface area contributed by atoms with E-state index in [1.807, 2.05) is 0 Å². The first-order valence-corrected chi connectivity index (χ1v) is 8.31. The average molecular weight is 395 g/mol. The Morgan fingerprint density at radius 3 is 2.39 bits per heavy atom. The molecule has 0 radical (unpaired) electrons. The van der Waals surface area contributed by atoms with Crippen LogP contribution >= 0.6 is 0 Å². The van der Waals surface area contributed by atoms with Crippen LogP contribution in [0.25, 0.3) is 0 Å². The molecule has 3 rings (SSSR count). The molecule has 1 N–H and O–H groups in total. The van der Waals surface area contributed by atoms with E-state index in [9.17, 15) is 22.8 Å². The molecule has 2 aromatic carbocycles. The first kappa shape index (κ1) is 19.5. The van der Waals surface area contributed by atoms with Crippen molar-refractivity contribution >= 4 is 17.6 Å². The quantitative estimate of drug-likeness (QED) is 0.804. The predicted molar refractivity (Wildman–Crippen MR) is 92.0 cm³/mol. The Hall–Kier alpha value is -3.23. The molecule has 0 fully saturated rings. The number of amides is 1. The van der Waals surface area contributed by atoms with Gasteiger partial charge in [0.1, 0.15) is 6.61 Å². The Kier molecular flexibility index (Phi) is 5.43. The van der Waals surface area contributed by atoms with Gasteiger partial charge in [0.25, 0.3) is 5.91 Å². The Morgan fingerprint density at radius 2 is 1.75 bits per heavy atom. The van der Waals surface area contributed by atoms with E-state index in [0.29, 0.717) is 11.5 Å². The third kappa shape index (κ3) is 4.54. The molecule has 0 aromatic heterocycles. The summed E-state index contributed by atoms with van der Waals surface area (Å²) in [6.45, 7) is 1.28. The maximum atomic E-state index is 12.6. The minimum absolute atomic E-state index is 0.0664. The van der Waals surface area contributed by atoms with Crippen molar-refractivity contribution < 1.29 is 37.0 Å². The van der Waals surface area contributed by atoms with Gasteiger partial charge in [0, 0.05) is 5.69 Å². The molecule has 0 spiro atoms. The van der Waals surface area contributed by atoms with Crippen molar-refractivity contribution in [2.24, 2.45) is 0 Å². The lowest BCUT2D eigenvalue weighted by Crippen LogP contribution is -2.41. The third-order valence-corrected chi connectivity index (χ3v) is 3.91. The number of benzene rings is 2. The highest BCUT2D eigenvalue weighted by molar-refractivity contribution is 5.95. The molecule has 2 aromatic rings. The maximum Gasteiger partial charge on any atom is 0.416 e. The summed E-state index contributed by atoms with van der Waals surface area (Å²) in [5.74, 6) is -0.591. The number of nitrogens with one attached hydrogen (secondary N) is 1. The first-order valence-electron chi connectivity index (χ1n) is 8.31. The van der Waals surface area contributed by atoms with Crippen molar-refractivity contribution in [2.75, 3.05) is 11.9 Å². The second kappa shape index (κ2) is 7.79. The van der Waals surface area contributed by atoms with Crippen LogP contribution < -0.4 is 14.8 Å². The lowest BCUT2D eigenvalue weighted by molar-refractivity contribution is -0.162. The van der Waals surface area contributed by atoms with Crippen LogP contribution in [0.2, 0.25) is 0 Å². The highest BCUT2D eigenvalue weighted by Crippen LogP contribution is 2.31. The number of ether oxygens (including phenoxy) is 3. The largest absolute Gasteiger partial charge is 0.485 e. The van der Waals surface area contributed by atoms with Crippen molar-refractivity contribution in [3.63, 3.8) is 0 Å². The molecule has 0 unspecified atom stereocenters. The number of halogens is 3. The number of esters is 1. The van der Waals surface area contributed by atoms with E-state index >= 15 is 0 Å². The zero-order valence-electron chi connectivity index (χ0n) is 14.7. The van der Waals surface area contributed by atoms with E-state index in [2.05, 4.69) is 5.32 Å². The molecule has 6 nitrogen and oxygen atoms in total. The molecular formula is C19H16F3NO5. The fourth-order valence-corrected chi connectivity index (χ4v) is 2.43. The van der Waals surface area contributed by atoms with Crippen LogP contribution in [0.3, 0.4) is 0 Å². The number of para-hydroxylation sites is 2. The van der Waals surface area contributed by atoms with E-state index in [0.717, 1.165) is 24.3 Å². The fraction of sp³-hybridized carbons (Fsp3) is 0.263. The Bertz CT molecular complexity index is 867. The predicted octanol–water partition coefficient (Wildman–Crippen LogP) is 3.42. The van der Waals surface area contributed by atoms with Crippen molar-refractivity contribution in [1.29, 1.82) is 0 Å². The summed E-state index contributed by atoms with van der Waals surface area (Å²) in [4.78, 5) is 24.3. The van der Waals surface area contributed by atoms with Crippen LogP contribution in [0, 0.1) is 0 Å². The average Bonchev–Trinajstić information content (AvgIpc) is 2.67. The molecule has 28 heavy (non-hydrogen) atoms. The minimum Gasteiger partial charge on any atom is -0.485 e. The zero-order valence-corrected chi connectivity index (χ0v) is 14.7. The molecule has 1 heterocycles. The first-order chi connectivity index (χ1) is 13.2. The van der Waals surface area contributed by atoms with E-state index in [1.54, 1.807) is 24.3 Å². The van der Waals surface area contributed by atoms with Gasteiger partial charge in [-0.1, -0.05) is 12.1 Å². The van der Waals surface area contributed by atoms with Crippen LogP contribution in [-0.4, -0.2) is 30.7 Å². The monoisotopic (exact) mass is 395 g/mol. The van der Waals surface area contributed by atoms with E-state index in [4.69, 9.17) is 14.2 Å². The molecule has 1 amide bonds. The number of alkyl halides is 3. The standard InChI is InChI=1S/C19H16F3NO5/c1-11(17(24)23-13-8-6-12(7-9-13)19(20,21)22)27-18(25)16-10-26-14-4-2-3-5-15(14)28-16/h2-9,11,16H,10H2,1H3,(H,23,24)/t11-,16+/m0/s1. The lowest BCUT2D eigenvalue weighted by Gasteiger charge is -2.25. The van der Waals surface area contributed by atoms with Gasteiger partial charge in [-0.3, -0.25) is 4.79 Å². The van der Waals surface area contributed by atoms with Gasteiger partial charge in [0.15, 0.2) is 17.6 Å². The molecule has 1 aliphatic heterocycles. The summed E-state index contributed by atoms with van der Waals surface area (Å²) in [7, 11) is 0. The Morgan fingerprint density at radius 1 is 1.11 bits per heavy atom. The zero-order chi connectivity index (χ0) is 20.3. The summed E-state index contributed by atoms with van der Waals surface area (Å²) in [5, 5.41) is 2.39. The van der Waals surface area contributed by atoms with Crippen molar-refractivity contribution in [3.05, 3.63) is 54.1 Å². The van der Waals surface area contributed by atoms with Gasteiger partial charge in [-0.25, -0.2) is 4.79 Å². The van der Waals surface area contributed by atoms with Crippen molar-refractivity contribution in [2.45, 2.75) is 25.3 Å². The van der Waals surface area contributed by atoms with Gasteiger partial charge in [0.2, 0.25) is 6.10 Å². The summed E-state index contributed by atoms with van der Waals surface area (Å²) in [6.07, 6.45) is -6.68. The van der Waals surface area contributed by atoms with Gasteiger partial charge < -0.3 is 19.5 Å². The summed E-state index contributed by atoms with van der Waals surface area (Å²) < 4.78 is 53.7. The summed E-state index contributed by atoms with van der Waals surface area (Å²) in [5.41, 5.74) is -0.688. The molecule has 0 bridgehead atoms. The van der Waals surface area contributed by atoms with Gasteiger partial charge in [-0.15, -0.1) is 0 Å². The lowest BCUT2D eigenvalue weighted by atomic mass is 10.2. The third-order valence-electron chi connectivity index (χ3n) is 3.91. The number of rotatable bonds is 4. The van der Waals surface area contributed by atoms with E-state index in [1.165, 1.54) is 6.92 Å². The smallest absolute Gasteiger partial charge is 0.416 e. The number of anilines is 1. The van der Waals surface area contributed by atoms with Crippen LogP contribution in [0.4, 0.5) is 18.9 Å². The second-order valence-corrected chi connectivity index (χ2v) is 6.01. The highest BCUT2D eigenvalue weighted by atomic mass is 19.4. The molecule has 2 atom stereocenters. The molecule has 0 saturated carbocycles. The summed E-state index contributed by atoms with van der Waals surface area (Å²) >= 11 is 0. The van der Waals surface area contributed by atoms with Crippen molar-refractivity contribution in [3.8, 4) is 11.5 Å². The maximum absolute atomic E-state index is 12.6. The van der Waals surface area contributed by atoms with E-state index < -0.39 is 35.8 Å². The van der Waals surface area contributed by atoms with Crippen LogP contribution in [0.15, 0.2) is 48.5 Å². The Labute approximate surface area is 158 Å². The second-order valence-electron chi connectivity index (χ2n) is 6.01. The van der Waals surface area contributed by atoms with Gasteiger partial charge >= 0.3 is 12.1 Å². The van der Waals surface area contributed by atoms with Crippen molar-refractivity contribution in [1.82, 2.24) is 0 Å². The van der Waals surface area contributed by atoms with Crippen LogP contribution in [0.5, 0.6) is 11.5 Å². The fourth-order valence-electron chi connectivity index (χ4n) is 2.43. The number of hydrogen-bond donors (Lipinski definition) is 1. The Balaban J connectivity index is 1.55. The number of carbonyl (C=O) groups excluding carboxylic acids is 2. The molecule has 0 aliphatic carbocycles. The normalized spacial score (nSPS) is 16.8. The molecule has 0 saturated heterocycles. The number of carbonyl (C=O) groups is 2. The van der Waals surface area contributed by atoms with Crippen LogP contribution in [0.1, 0.15) is 12.5 Å². The van der Waals surface area contributed by atoms with Gasteiger partial charge in [-0.2, -0.15) is 13.2 Å².